The Morgan fingerprint density at radius 2 is 2.12 bits per heavy atom. The van der Waals surface area contributed by atoms with Gasteiger partial charge in [0.25, 0.3) is 0 Å². The fourth-order valence-corrected chi connectivity index (χ4v) is 1.45. The van der Waals surface area contributed by atoms with Gasteiger partial charge in [-0.1, -0.05) is 13.3 Å². The van der Waals surface area contributed by atoms with E-state index < -0.39 is 5.91 Å². The van der Waals surface area contributed by atoms with E-state index in [0.29, 0.717) is 12.4 Å². The van der Waals surface area contributed by atoms with Gasteiger partial charge in [0.05, 0.1) is 6.54 Å². The summed E-state index contributed by atoms with van der Waals surface area (Å²) in [6.45, 7) is 2.83. The van der Waals surface area contributed by atoms with E-state index in [1.54, 1.807) is 11.0 Å². The van der Waals surface area contributed by atoms with Crippen LogP contribution in [-0.2, 0) is 4.79 Å². The number of carbonyl (C=O) groups excluding carboxylic acids is 1. The minimum absolute atomic E-state index is 0.0889. The van der Waals surface area contributed by atoms with Gasteiger partial charge < -0.3 is 22.1 Å². The lowest BCUT2D eigenvalue weighted by atomic mass is 10.3. The minimum atomic E-state index is -0.420. The van der Waals surface area contributed by atoms with Crippen LogP contribution >= 0.6 is 0 Å². The van der Waals surface area contributed by atoms with E-state index in [-0.39, 0.29) is 18.3 Å². The molecule has 0 fully saturated rings. The maximum absolute atomic E-state index is 11.0. The SMILES string of the molecule is CCCCN(CC(N)=O)c1cc(N)nc(N)n1. The molecule has 1 rings (SSSR count). The van der Waals surface area contributed by atoms with Crippen LogP contribution in [0.2, 0.25) is 0 Å². The number of nitrogen functional groups attached to an aromatic ring is 2. The molecule has 0 radical (unpaired) electrons. The number of amides is 1. The third kappa shape index (κ3) is 4.13. The summed E-state index contributed by atoms with van der Waals surface area (Å²) in [5.74, 6) is 0.476. The second-order valence-corrected chi connectivity index (χ2v) is 3.75. The second-order valence-electron chi connectivity index (χ2n) is 3.75. The highest BCUT2D eigenvalue weighted by atomic mass is 16.1. The molecule has 1 aromatic heterocycles. The molecule has 7 heteroatoms. The van der Waals surface area contributed by atoms with E-state index in [1.165, 1.54) is 0 Å². The summed E-state index contributed by atoms with van der Waals surface area (Å²) in [6, 6.07) is 1.58. The zero-order valence-corrected chi connectivity index (χ0v) is 9.89. The Bertz CT molecular complexity index is 374. The number of rotatable bonds is 6. The summed E-state index contributed by atoms with van der Waals surface area (Å²) >= 11 is 0. The standard InChI is InChI=1S/C10H18N6O/c1-2-3-4-16(6-8(12)17)9-5-7(11)14-10(13)15-9/h5H,2-4,6H2,1H3,(H2,12,17)(H4,11,13,14,15). The zero-order valence-electron chi connectivity index (χ0n) is 9.89. The van der Waals surface area contributed by atoms with E-state index >= 15 is 0 Å². The normalized spacial score (nSPS) is 10.2. The minimum Gasteiger partial charge on any atom is -0.383 e. The third-order valence-corrected chi connectivity index (χ3v) is 2.20. The molecule has 1 amide bonds. The van der Waals surface area contributed by atoms with Gasteiger partial charge in [-0.3, -0.25) is 4.79 Å². The van der Waals surface area contributed by atoms with Crippen LogP contribution < -0.4 is 22.1 Å². The summed E-state index contributed by atoms with van der Waals surface area (Å²) in [5, 5.41) is 0. The number of primary amides is 1. The maximum atomic E-state index is 11.0. The number of hydrogen-bond donors (Lipinski definition) is 3. The van der Waals surface area contributed by atoms with Gasteiger partial charge in [0.1, 0.15) is 11.6 Å². The van der Waals surface area contributed by atoms with Gasteiger partial charge in [0, 0.05) is 12.6 Å². The van der Waals surface area contributed by atoms with Crippen molar-refractivity contribution in [2.45, 2.75) is 19.8 Å². The molecule has 0 unspecified atom stereocenters. The fourth-order valence-electron chi connectivity index (χ4n) is 1.45. The average molecular weight is 238 g/mol. The lowest BCUT2D eigenvalue weighted by molar-refractivity contribution is -0.116. The van der Waals surface area contributed by atoms with E-state index in [9.17, 15) is 4.79 Å². The van der Waals surface area contributed by atoms with Crippen LogP contribution in [0.5, 0.6) is 0 Å². The van der Waals surface area contributed by atoms with E-state index in [2.05, 4.69) is 16.9 Å². The van der Waals surface area contributed by atoms with Crippen LogP contribution in [0.1, 0.15) is 19.8 Å². The monoisotopic (exact) mass is 238 g/mol. The summed E-state index contributed by atoms with van der Waals surface area (Å²) in [7, 11) is 0. The molecule has 0 atom stereocenters. The zero-order chi connectivity index (χ0) is 12.8. The first-order valence-corrected chi connectivity index (χ1v) is 5.46. The van der Waals surface area contributed by atoms with E-state index in [1.807, 2.05) is 0 Å². The van der Waals surface area contributed by atoms with Crippen molar-refractivity contribution in [2.75, 3.05) is 29.5 Å². The van der Waals surface area contributed by atoms with Gasteiger partial charge in [-0.15, -0.1) is 0 Å². The smallest absolute Gasteiger partial charge is 0.236 e. The summed E-state index contributed by atoms with van der Waals surface area (Å²) in [4.78, 5) is 20.6. The predicted molar refractivity (Wildman–Crippen MR) is 67.2 cm³/mol. The van der Waals surface area contributed by atoms with Crippen LogP contribution in [0.15, 0.2) is 6.07 Å². The largest absolute Gasteiger partial charge is 0.383 e. The fraction of sp³-hybridized carbons (Fsp3) is 0.500. The van der Waals surface area contributed by atoms with E-state index in [4.69, 9.17) is 17.2 Å². The molecule has 0 saturated carbocycles. The van der Waals surface area contributed by atoms with Crippen molar-refractivity contribution in [1.29, 1.82) is 0 Å². The van der Waals surface area contributed by atoms with Crippen LogP contribution in [0.25, 0.3) is 0 Å². The Hall–Kier alpha value is -2.05. The van der Waals surface area contributed by atoms with Crippen molar-refractivity contribution in [2.24, 2.45) is 5.73 Å². The van der Waals surface area contributed by atoms with Gasteiger partial charge in [-0.25, -0.2) is 0 Å². The van der Waals surface area contributed by atoms with Crippen molar-refractivity contribution >= 4 is 23.5 Å². The lowest BCUT2D eigenvalue weighted by Gasteiger charge is -2.22. The van der Waals surface area contributed by atoms with Crippen molar-refractivity contribution in [3.05, 3.63) is 6.07 Å². The molecular formula is C10H18N6O. The van der Waals surface area contributed by atoms with Gasteiger partial charge in [0.2, 0.25) is 11.9 Å². The van der Waals surface area contributed by atoms with Crippen molar-refractivity contribution in [3.8, 4) is 0 Å². The lowest BCUT2D eigenvalue weighted by Crippen LogP contribution is -2.35. The maximum Gasteiger partial charge on any atom is 0.236 e. The predicted octanol–water partition coefficient (Wildman–Crippen LogP) is -0.267. The number of hydrogen-bond acceptors (Lipinski definition) is 6. The number of nitrogens with two attached hydrogens (primary N) is 3. The highest BCUT2D eigenvalue weighted by Gasteiger charge is 2.12. The van der Waals surface area contributed by atoms with Gasteiger partial charge in [-0.2, -0.15) is 9.97 Å². The molecule has 1 heterocycles. The van der Waals surface area contributed by atoms with Crippen LogP contribution in [-0.4, -0.2) is 29.0 Å². The molecule has 0 spiro atoms. The molecule has 0 aliphatic carbocycles. The Labute approximate surface area is 100 Å². The van der Waals surface area contributed by atoms with Crippen LogP contribution in [0.3, 0.4) is 0 Å². The first kappa shape index (κ1) is 13.0. The first-order chi connectivity index (χ1) is 8.02. The summed E-state index contributed by atoms with van der Waals surface area (Å²) in [5.41, 5.74) is 16.3. The Morgan fingerprint density at radius 1 is 1.41 bits per heavy atom. The molecule has 0 saturated heterocycles. The van der Waals surface area contributed by atoms with E-state index in [0.717, 1.165) is 12.8 Å². The Kier molecular flexibility index (Phi) is 4.50. The van der Waals surface area contributed by atoms with Gasteiger partial charge in [-0.05, 0) is 6.42 Å². The Balaban J connectivity index is 2.90. The molecule has 6 N–H and O–H groups in total. The molecule has 94 valence electrons. The van der Waals surface area contributed by atoms with Crippen LogP contribution in [0, 0.1) is 0 Å². The molecule has 0 aliphatic heterocycles. The number of nitrogens with zero attached hydrogens (tertiary/aromatic N) is 3. The van der Waals surface area contributed by atoms with Gasteiger partial charge >= 0.3 is 0 Å². The van der Waals surface area contributed by atoms with Gasteiger partial charge in [0.15, 0.2) is 0 Å². The Morgan fingerprint density at radius 3 is 2.65 bits per heavy atom. The van der Waals surface area contributed by atoms with Crippen molar-refractivity contribution in [3.63, 3.8) is 0 Å². The molecular weight excluding hydrogens is 220 g/mol. The molecule has 0 aliphatic rings. The van der Waals surface area contributed by atoms with Crippen molar-refractivity contribution in [1.82, 2.24) is 9.97 Å². The first-order valence-electron chi connectivity index (χ1n) is 5.46. The highest BCUT2D eigenvalue weighted by molar-refractivity contribution is 5.79. The number of anilines is 3. The molecule has 0 aromatic carbocycles. The molecule has 0 bridgehead atoms. The highest BCUT2D eigenvalue weighted by Crippen LogP contribution is 2.15. The topological polar surface area (TPSA) is 124 Å². The number of unbranched alkanes of at least 4 members (excludes halogenated alkanes) is 1. The number of aromatic nitrogens is 2. The van der Waals surface area contributed by atoms with Crippen LogP contribution in [0.4, 0.5) is 17.6 Å². The molecule has 1 aromatic rings. The average Bonchev–Trinajstić information content (AvgIpc) is 2.22. The number of carbonyl (C=O) groups is 1. The quantitative estimate of drug-likeness (QED) is 0.626. The molecule has 7 nitrogen and oxygen atoms in total. The van der Waals surface area contributed by atoms with Crippen molar-refractivity contribution < 1.29 is 4.79 Å². The summed E-state index contributed by atoms with van der Waals surface area (Å²) < 4.78 is 0. The third-order valence-electron chi connectivity index (χ3n) is 2.20. The second kappa shape index (κ2) is 5.88. The molecule has 17 heavy (non-hydrogen) atoms. The summed E-state index contributed by atoms with van der Waals surface area (Å²) in [6.07, 6.45) is 1.93.